The van der Waals surface area contributed by atoms with E-state index in [1.54, 1.807) is 0 Å². The monoisotopic (exact) mass is 399 g/mol. The van der Waals surface area contributed by atoms with Crippen LogP contribution < -0.4 is 5.69 Å². The summed E-state index contributed by atoms with van der Waals surface area (Å²) < 4.78 is 3.84. The number of para-hydroxylation sites is 2. The number of likely N-dealkylation sites (tertiary alicyclic amines) is 1. The second-order valence-corrected chi connectivity index (χ2v) is 9.15. The van der Waals surface area contributed by atoms with Crippen molar-refractivity contribution in [2.75, 3.05) is 26.2 Å². The summed E-state index contributed by atoms with van der Waals surface area (Å²) in [6, 6.07) is 8.18. The highest BCUT2D eigenvalue weighted by atomic mass is 16.3. The van der Waals surface area contributed by atoms with E-state index in [0.29, 0.717) is 6.54 Å². The van der Waals surface area contributed by atoms with Crippen LogP contribution in [0.3, 0.4) is 0 Å². The molecule has 29 heavy (non-hydrogen) atoms. The molecule has 160 valence electrons. The van der Waals surface area contributed by atoms with Crippen LogP contribution in [0.4, 0.5) is 0 Å². The average Bonchev–Trinajstić information content (AvgIpc) is 3.00. The Morgan fingerprint density at radius 1 is 1.00 bits per heavy atom. The van der Waals surface area contributed by atoms with E-state index >= 15 is 0 Å². The zero-order chi connectivity index (χ0) is 20.2. The van der Waals surface area contributed by atoms with Gasteiger partial charge in [0, 0.05) is 44.7 Å². The number of imidazole rings is 1. The molecule has 1 saturated heterocycles. The summed E-state index contributed by atoms with van der Waals surface area (Å²) in [4.78, 5) is 15.7. The third-order valence-electron chi connectivity index (χ3n) is 7.27. The largest absolute Gasteiger partial charge is 0.396 e. The lowest BCUT2D eigenvalue weighted by Gasteiger charge is -2.40. The van der Waals surface area contributed by atoms with Crippen molar-refractivity contribution in [2.45, 2.75) is 70.9 Å². The molecule has 0 amide bonds. The van der Waals surface area contributed by atoms with Crippen molar-refractivity contribution in [3.63, 3.8) is 0 Å². The quantitative estimate of drug-likeness (QED) is 0.826. The van der Waals surface area contributed by atoms with E-state index in [2.05, 4.69) is 11.0 Å². The van der Waals surface area contributed by atoms with Gasteiger partial charge in [0.15, 0.2) is 0 Å². The van der Waals surface area contributed by atoms with Gasteiger partial charge in [0.05, 0.1) is 11.0 Å². The van der Waals surface area contributed by atoms with Gasteiger partial charge in [0.2, 0.25) is 0 Å². The third-order valence-corrected chi connectivity index (χ3v) is 7.27. The zero-order valence-corrected chi connectivity index (χ0v) is 17.9. The lowest BCUT2D eigenvalue weighted by atomic mass is 9.88. The highest BCUT2D eigenvalue weighted by Gasteiger charge is 2.33. The molecule has 0 spiro atoms. The third kappa shape index (κ3) is 4.31. The molecule has 1 saturated carbocycles. The molecule has 2 heterocycles. The van der Waals surface area contributed by atoms with Gasteiger partial charge in [-0.15, -0.1) is 0 Å². The second-order valence-electron chi connectivity index (χ2n) is 9.15. The Bertz CT molecular complexity index is 847. The molecule has 0 unspecified atom stereocenters. The molecule has 5 nitrogen and oxygen atoms in total. The summed E-state index contributed by atoms with van der Waals surface area (Å²) in [5.41, 5.74) is 2.09. The van der Waals surface area contributed by atoms with Crippen molar-refractivity contribution < 1.29 is 5.11 Å². The Kier molecular flexibility index (Phi) is 6.76. The molecular weight excluding hydrogens is 362 g/mol. The minimum absolute atomic E-state index is 0.0746. The maximum absolute atomic E-state index is 13.2. The molecule has 1 aliphatic heterocycles. The van der Waals surface area contributed by atoms with Gasteiger partial charge < -0.3 is 10.0 Å². The lowest BCUT2D eigenvalue weighted by molar-refractivity contribution is 0.0647. The van der Waals surface area contributed by atoms with Gasteiger partial charge >= 0.3 is 5.69 Å². The summed E-state index contributed by atoms with van der Waals surface area (Å²) in [5, 5.41) is 10.2. The van der Waals surface area contributed by atoms with Gasteiger partial charge in [0.25, 0.3) is 0 Å². The maximum Gasteiger partial charge on any atom is 0.329 e. The Morgan fingerprint density at radius 3 is 2.38 bits per heavy atom. The molecule has 1 aromatic heterocycles. The standard InChI is InChI=1S/C24H37N3O2/c1-2-26-22-12-8-9-13-23(22)27(24(26)29)21-14-15-25(17-20(21)18-28)16-19-10-6-4-3-5-7-11-19/h8-9,12-13,19-21,28H,2-7,10-11,14-18H2,1H3/t20-,21-/m0/s1. The topological polar surface area (TPSA) is 50.4 Å². The molecule has 1 aliphatic carbocycles. The second kappa shape index (κ2) is 9.48. The fourth-order valence-electron chi connectivity index (χ4n) is 5.73. The summed E-state index contributed by atoms with van der Waals surface area (Å²) in [7, 11) is 0. The number of fused-ring (bicyclic) bond motifs is 1. The summed E-state index contributed by atoms with van der Waals surface area (Å²) >= 11 is 0. The lowest BCUT2D eigenvalue weighted by Crippen LogP contribution is -2.46. The van der Waals surface area contributed by atoms with Crippen LogP contribution in [-0.2, 0) is 6.54 Å². The molecule has 2 aromatic rings. The summed E-state index contributed by atoms with van der Waals surface area (Å²) in [5.74, 6) is 0.919. The van der Waals surface area contributed by atoms with E-state index in [-0.39, 0.29) is 24.3 Å². The number of aryl methyl sites for hydroxylation is 1. The van der Waals surface area contributed by atoms with Crippen molar-refractivity contribution in [2.24, 2.45) is 11.8 Å². The Balaban J connectivity index is 1.52. The van der Waals surface area contributed by atoms with Crippen LogP contribution in [0.25, 0.3) is 11.0 Å². The number of rotatable bonds is 5. The first kappa shape index (κ1) is 20.7. The molecular formula is C24H37N3O2. The van der Waals surface area contributed by atoms with Crippen molar-refractivity contribution in [3.8, 4) is 0 Å². The predicted molar refractivity (Wildman–Crippen MR) is 118 cm³/mol. The van der Waals surface area contributed by atoms with E-state index < -0.39 is 0 Å². The number of aliphatic hydroxyl groups excluding tert-OH is 1. The van der Waals surface area contributed by atoms with Gasteiger partial charge in [0.1, 0.15) is 0 Å². The molecule has 4 rings (SSSR count). The predicted octanol–water partition coefficient (Wildman–Crippen LogP) is 4.04. The summed E-state index contributed by atoms with van der Waals surface area (Å²) in [6.45, 7) is 5.93. The number of aliphatic hydroxyl groups is 1. The molecule has 1 aromatic carbocycles. The smallest absolute Gasteiger partial charge is 0.329 e. The van der Waals surface area contributed by atoms with Gasteiger partial charge in [-0.05, 0) is 44.2 Å². The fraction of sp³-hybridized carbons (Fsp3) is 0.708. The number of aromatic nitrogens is 2. The Labute approximate surface area is 174 Å². The Hall–Kier alpha value is -1.59. The molecule has 0 radical (unpaired) electrons. The minimum Gasteiger partial charge on any atom is -0.396 e. The number of piperidine rings is 1. The molecule has 2 atom stereocenters. The fourth-order valence-corrected chi connectivity index (χ4v) is 5.73. The maximum atomic E-state index is 13.2. The van der Waals surface area contributed by atoms with E-state index in [4.69, 9.17) is 0 Å². The first-order chi connectivity index (χ1) is 14.2. The first-order valence-corrected chi connectivity index (χ1v) is 11.8. The molecule has 1 N–H and O–H groups in total. The van der Waals surface area contributed by atoms with Crippen molar-refractivity contribution in [1.82, 2.24) is 14.0 Å². The minimum atomic E-state index is 0.0746. The highest BCUT2D eigenvalue weighted by molar-refractivity contribution is 5.76. The number of nitrogens with zero attached hydrogens (tertiary/aromatic N) is 3. The van der Waals surface area contributed by atoms with Gasteiger partial charge in [-0.3, -0.25) is 9.13 Å². The van der Waals surface area contributed by atoms with Crippen molar-refractivity contribution in [3.05, 3.63) is 34.7 Å². The van der Waals surface area contributed by atoms with Gasteiger partial charge in [-0.1, -0.05) is 44.2 Å². The van der Waals surface area contributed by atoms with E-state index in [9.17, 15) is 9.90 Å². The van der Waals surface area contributed by atoms with E-state index in [1.807, 2.05) is 34.3 Å². The average molecular weight is 400 g/mol. The highest BCUT2D eigenvalue weighted by Crippen LogP contribution is 2.32. The first-order valence-electron chi connectivity index (χ1n) is 11.8. The van der Waals surface area contributed by atoms with Crippen LogP contribution in [-0.4, -0.2) is 45.4 Å². The number of hydrogen-bond acceptors (Lipinski definition) is 3. The van der Waals surface area contributed by atoms with Crippen LogP contribution >= 0.6 is 0 Å². The van der Waals surface area contributed by atoms with Crippen LogP contribution in [0.2, 0.25) is 0 Å². The van der Waals surface area contributed by atoms with Crippen molar-refractivity contribution in [1.29, 1.82) is 0 Å². The van der Waals surface area contributed by atoms with Gasteiger partial charge in [-0.25, -0.2) is 4.79 Å². The van der Waals surface area contributed by atoms with Crippen LogP contribution in [0.1, 0.15) is 64.3 Å². The molecule has 2 aliphatic rings. The van der Waals surface area contributed by atoms with Crippen LogP contribution in [0.5, 0.6) is 0 Å². The van der Waals surface area contributed by atoms with Crippen molar-refractivity contribution >= 4 is 11.0 Å². The van der Waals surface area contributed by atoms with Gasteiger partial charge in [-0.2, -0.15) is 0 Å². The van der Waals surface area contributed by atoms with Crippen LogP contribution in [0.15, 0.2) is 29.1 Å². The van der Waals surface area contributed by atoms with Crippen LogP contribution in [0, 0.1) is 11.8 Å². The zero-order valence-electron chi connectivity index (χ0n) is 17.9. The normalized spacial score (nSPS) is 25.2. The number of benzene rings is 1. The SMILES string of the molecule is CCn1c(=O)n([C@H]2CCN(CC3CCCCCCC3)C[C@H]2CO)c2ccccc21. The molecule has 5 heteroatoms. The molecule has 0 bridgehead atoms. The summed E-state index contributed by atoms with van der Waals surface area (Å²) in [6.07, 6.45) is 10.6. The van der Waals surface area contributed by atoms with E-state index in [1.165, 1.54) is 44.9 Å². The molecule has 2 fully saturated rings. The Morgan fingerprint density at radius 2 is 1.69 bits per heavy atom. The van der Waals surface area contributed by atoms with E-state index in [0.717, 1.165) is 43.0 Å². The number of hydrogen-bond donors (Lipinski definition) is 1.